The topological polar surface area (TPSA) is 46.5 Å². The van der Waals surface area contributed by atoms with Gasteiger partial charge in [-0.15, -0.1) is 0 Å². The van der Waals surface area contributed by atoms with Crippen molar-refractivity contribution in [2.24, 2.45) is 0 Å². The van der Waals surface area contributed by atoms with Crippen molar-refractivity contribution in [2.75, 3.05) is 13.1 Å². The number of hydrogen-bond donors (Lipinski definition) is 2. The molecule has 1 saturated heterocycles. The highest BCUT2D eigenvalue weighted by Crippen LogP contribution is 2.20. The summed E-state index contributed by atoms with van der Waals surface area (Å²) >= 11 is 6.19. The summed E-state index contributed by atoms with van der Waals surface area (Å²) in [6, 6.07) is 5.46. The maximum absolute atomic E-state index is 12.8. The second-order valence-corrected chi connectivity index (χ2v) is 6.72. The number of fused-ring (bicyclic) bond motifs is 1. The number of rotatable bonds is 2. The zero-order valence-electron chi connectivity index (χ0n) is 13.2. The lowest BCUT2D eigenvalue weighted by molar-refractivity contribution is -0.928. The molecule has 0 spiro atoms. The Morgan fingerprint density at radius 1 is 1.32 bits per heavy atom. The number of quaternary nitrogens is 1. The number of aromatic amines is 1. The number of nitrogens with one attached hydrogen (secondary N) is 2. The summed E-state index contributed by atoms with van der Waals surface area (Å²) in [6.45, 7) is 8.71. The minimum Gasteiger partial charge on any atom is -0.364 e. The van der Waals surface area contributed by atoms with Crippen LogP contribution in [0.1, 0.15) is 25.1 Å². The Morgan fingerprint density at radius 2 is 2.00 bits per heavy atom. The van der Waals surface area contributed by atoms with E-state index >= 15 is 0 Å². The van der Waals surface area contributed by atoms with E-state index in [-0.39, 0.29) is 17.6 Å². The fraction of sp³-hybridized carbons (Fsp3) is 0.471. The zero-order valence-corrected chi connectivity index (χ0v) is 14.0. The first-order valence-electron chi connectivity index (χ1n) is 7.74. The fourth-order valence-corrected chi connectivity index (χ4v) is 3.65. The maximum atomic E-state index is 12.8. The van der Waals surface area contributed by atoms with Gasteiger partial charge in [0.15, 0.2) is 5.43 Å². The van der Waals surface area contributed by atoms with E-state index in [9.17, 15) is 4.79 Å². The smallest absolute Gasteiger partial charge is 0.198 e. The molecule has 5 heteroatoms. The third-order valence-corrected chi connectivity index (χ3v) is 4.66. The summed E-state index contributed by atoms with van der Waals surface area (Å²) in [7, 11) is 0. The van der Waals surface area contributed by atoms with Crippen LogP contribution in [0.5, 0.6) is 0 Å². The van der Waals surface area contributed by atoms with E-state index in [1.807, 2.05) is 19.1 Å². The van der Waals surface area contributed by atoms with Gasteiger partial charge in [-0.2, -0.15) is 0 Å². The zero-order chi connectivity index (χ0) is 15.9. The molecule has 1 aliphatic rings. The first-order valence-corrected chi connectivity index (χ1v) is 8.12. The first kappa shape index (κ1) is 15.5. The standard InChI is InChI=1S/C17H21ClN2O2/c1-10-7-20(8-11(2)22-10)9-14-12(3)19-16-13(17(14)21)5-4-6-15(16)18/h4-6,10-11H,7-9H2,1-3H3,(H,19,21)/p+1. The van der Waals surface area contributed by atoms with Crippen LogP contribution in [0.2, 0.25) is 5.02 Å². The number of ether oxygens (including phenoxy) is 1. The normalized spacial score (nSPS) is 25.5. The summed E-state index contributed by atoms with van der Waals surface area (Å²) in [6.07, 6.45) is 0.459. The molecule has 0 bridgehead atoms. The highest BCUT2D eigenvalue weighted by molar-refractivity contribution is 6.35. The minimum atomic E-state index is 0.0908. The number of para-hydroxylation sites is 1. The summed E-state index contributed by atoms with van der Waals surface area (Å²) < 4.78 is 5.78. The lowest BCUT2D eigenvalue weighted by Crippen LogP contribution is -3.14. The molecule has 2 heterocycles. The molecule has 2 atom stereocenters. The van der Waals surface area contributed by atoms with Gasteiger partial charge >= 0.3 is 0 Å². The summed E-state index contributed by atoms with van der Waals surface area (Å²) in [5.74, 6) is 0. The van der Waals surface area contributed by atoms with Gasteiger partial charge in [0.2, 0.25) is 0 Å². The maximum Gasteiger partial charge on any atom is 0.198 e. The Hall–Kier alpha value is -1.36. The number of morpholine rings is 1. The second kappa shape index (κ2) is 6.03. The van der Waals surface area contributed by atoms with Gasteiger partial charge in [0, 0.05) is 11.1 Å². The molecule has 0 aliphatic carbocycles. The molecule has 2 unspecified atom stereocenters. The van der Waals surface area contributed by atoms with E-state index in [4.69, 9.17) is 16.3 Å². The van der Waals surface area contributed by atoms with Gasteiger partial charge in [-0.25, -0.2) is 0 Å². The number of halogens is 1. The summed E-state index contributed by atoms with van der Waals surface area (Å²) in [5.41, 5.74) is 2.58. The minimum absolute atomic E-state index is 0.0908. The van der Waals surface area contributed by atoms with Crippen LogP contribution in [0.25, 0.3) is 10.9 Å². The molecule has 4 nitrogen and oxygen atoms in total. The lowest BCUT2D eigenvalue weighted by atomic mass is 10.1. The van der Waals surface area contributed by atoms with Crippen molar-refractivity contribution >= 4 is 22.5 Å². The van der Waals surface area contributed by atoms with Gasteiger partial charge in [-0.1, -0.05) is 17.7 Å². The number of pyridine rings is 1. The van der Waals surface area contributed by atoms with E-state index in [1.165, 1.54) is 4.90 Å². The number of benzene rings is 1. The number of aromatic nitrogens is 1. The molecular weight excluding hydrogens is 300 g/mol. The van der Waals surface area contributed by atoms with E-state index < -0.39 is 0 Å². The second-order valence-electron chi connectivity index (χ2n) is 6.31. The molecule has 3 rings (SSSR count). The SMILES string of the molecule is Cc1[nH]c2c(Cl)cccc2c(=O)c1C[NH+]1CC(C)OC(C)C1. The predicted molar refractivity (Wildman–Crippen MR) is 88.7 cm³/mol. The van der Waals surface area contributed by atoms with E-state index in [0.717, 1.165) is 36.4 Å². The Bertz CT molecular complexity index is 746. The average Bonchev–Trinajstić information content (AvgIpc) is 2.44. The number of aryl methyl sites for hydroxylation is 1. The van der Waals surface area contributed by atoms with Crippen molar-refractivity contribution in [2.45, 2.75) is 39.5 Å². The summed E-state index contributed by atoms with van der Waals surface area (Å²) in [4.78, 5) is 17.5. The molecule has 0 radical (unpaired) electrons. The van der Waals surface area contributed by atoms with Crippen LogP contribution in [0, 0.1) is 6.92 Å². The van der Waals surface area contributed by atoms with Gasteiger partial charge in [0.05, 0.1) is 16.1 Å². The molecule has 0 saturated carbocycles. The van der Waals surface area contributed by atoms with Gasteiger partial charge in [-0.3, -0.25) is 4.79 Å². The van der Waals surface area contributed by atoms with Crippen LogP contribution in [-0.2, 0) is 11.3 Å². The van der Waals surface area contributed by atoms with Crippen molar-refractivity contribution in [3.63, 3.8) is 0 Å². The van der Waals surface area contributed by atoms with E-state index in [0.29, 0.717) is 10.4 Å². The average molecular weight is 322 g/mol. The Morgan fingerprint density at radius 3 is 2.68 bits per heavy atom. The summed E-state index contributed by atoms with van der Waals surface area (Å²) in [5, 5.41) is 1.26. The molecule has 1 aromatic heterocycles. The first-order chi connectivity index (χ1) is 10.5. The van der Waals surface area contributed by atoms with Gasteiger partial charge in [0.25, 0.3) is 0 Å². The number of H-pyrrole nitrogens is 1. The number of hydrogen-bond acceptors (Lipinski definition) is 2. The van der Waals surface area contributed by atoms with Crippen molar-refractivity contribution < 1.29 is 9.64 Å². The van der Waals surface area contributed by atoms with Crippen molar-refractivity contribution in [3.8, 4) is 0 Å². The fourth-order valence-electron chi connectivity index (χ4n) is 3.43. The molecule has 1 aromatic carbocycles. The predicted octanol–water partition coefficient (Wildman–Crippen LogP) is 1.68. The lowest BCUT2D eigenvalue weighted by Gasteiger charge is -2.32. The highest BCUT2D eigenvalue weighted by Gasteiger charge is 2.27. The third-order valence-electron chi connectivity index (χ3n) is 4.34. The van der Waals surface area contributed by atoms with Crippen LogP contribution in [0.3, 0.4) is 0 Å². The quantitative estimate of drug-likeness (QED) is 0.884. The Kier molecular flexibility index (Phi) is 4.26. The third kappa shape index (κ3) is 2.91. The molecule has 1 fully saturated rings. The molecule has 0 amide bonds. The Labute approximate surface area is 135 Å². The van der Waals surface area contributed by atoms with Crippen molar-refractivity contribution in [3.05, 3.63) is 44.7 Å². The molecule has 118 valence electrons. The van der Waals surface area contributed by atoms with Crippen LogP contribution in [-0.4, -0.2) is 30.3 Å². The van der Waals surface area contributed by atoms with Crippen LogP contribution < -0.4 is 10.3 Å². The monoisotopic (exact) mass is 321 g/mol. The van der Waals surface area contributed by atoms with Gasteiger partial charge in [-0.05, 0) is 32.9 Å². The highest BCUT2D eigenvalue weighted by atomic mass is 35.5. The van der Waals surface area contributed by atoms with Crippen LogP contribution in [0.4, 0.5) is 0 Å². The van der Waals surface area contributed by atoms with Gasteiger partial charge in [0.1, 0.15) is 31.8 Å². The van der Waals surface area contributed by atoms with Crippen LogP contribution >= 0.6 is 11.6 Å². The van der Waals surface area contributed by atoms with Crippen LogP contribution in [0.15, 0.2) is 23.0 Å². The molecule has 1 aliphatic heterocycles. The van der Waals surface area contributed by atoms with E-state index in [2.05, 4.69) is 18.8 Å². The molecule has 22 heavy (non-hydrogen) atoms. The molecule has 2 aromatic rings. The largest absolute Gasteiger partial charge is 0.364 e. The van der Waals surface area contributed by atoms with Gasteiger partial charge < -0.3 is 14.6 Å². The van der Waals surface area contributed by atoms with E-state index in [1.54, 1.807) is 6.07 Å². The molecule has 2 N–H and O–H groups in total. The van der Waals surface area contributed by atoms with Crippen molar-refractivity contribution in [1.29, 1.82) is 0 Å². The van der Waals surface area contributed by atoms with Crippen molar-refractivity contribution in [1.82, 2.24) is 4.98 Å². The Balaban J connectivity index is 1.99. The molecular formula is C17H22ClN2O2+.